The van der Waals surface area contributed by atoms with Crippen LogP contribution in [0, 0.1) is 45.3 Å². The van der Waals surface area contributed by atoms with E-state index >= 15 is 0 Å². The molecule has 2 unspecified atom stereocenters. The molecule has 0 aliphatic carbocycles. The lowest BCUT2D eigenvalue weighted by Gasteiger charge is -2.36. The van der Waals surface area contributed by atoms with Crippen molar-refractivity contribution in [1.82, 2.24) is 9.80 Å². The summed E-state index contributed by atoms with van der Waals surface area (Å²) < 4.78 is 0. The van der Waals surface area contributed by atoms with Crippen LogP contribution in [0.5, 0.6) is 0 Å². The molecule has 0 N–H and O–H groups in total. The van der Waals surface area contributed by atoms with Gasteiger partial charge in [0.2, 0.25) is 0 Å². The fraction of sp³-hybridized carbons (Fsp3) is 0.263. The van der Waals surface area contributed by atoms with E-state index in [1.165, 1.54) is 0 Å². The van der Waals surface area contributed by atoms with E-state index in [4.69, 9.17) is 0 Å². The lowest BCUT2D eigenvalue weighted by atomic mass is 9.97. The minimum Gasteiger partial charge on any atom is -0.342 e. The topological polar surface area (TPSA) is 108 Å². The van der Waals surface area contributed by atoms with Gasteiger partial charge in [-0.25, -0.2) is 0 Å². The van der Waals surface area contributed by atoms with Crippen molar-refractivity contribution in [2.45, 2.75) is 18.2 Å². The predicted octanol–water partition coefficient (Wildman–Crippen LogP) is 1.47. The van der Waals surface area contributed by atoms with Crippen LogP contribution in [-0.4, -0.2) is 36.2 Å². The summed E-state index contributed by atoms with van der Waals surface area (Å²) in [4.78, 5) is 7.51. The summed E-state index contributed by atoms with van der Waals surface area (Å²) in [5, 5.41) is 38.5. The highest BCUT2D eigenvalue weighted by molar-refractivity contribution is 5.85. The van der Waals surface area contributed by atoms with Crippen LogP contribution in [0.25, 0.3) is 0 Å². The van der Waals surface area contributed by atoms with Crippen LogP contribution < -0.4 is 9.80 Å². The molecule has 8 heteroatoms. The Labute approximate surface area is 155 Å². The van der Waals surface area contributed by atoms with Gasteiger partial charge in [-0.3, -0.25) is 0 Å². The molecule has 0 bridgehead atoms. The van der Waals surface area contributed by atoms with E-state index < -0.39 is 0 Å². The molecule has 0 radical (unpaired) electrons. The summed E-state index contributed by atoms with van der Waals surface area (Å²) >= 11 is 0. The first kappa shape index (κ1) is 15.1. The van der Waals surface area contributed by atoms with Crippen molar-refractivity contribution in [3.05, 3.63) is 46.6 Å². The van der Waals surface area contributed by atoms with Gasteiger partial charge in [0, 0.05) is 31.0 Å². The summed E-state index contributed by atoms with van der Waals surface area (Å²) in [5.41, 5.74) is 4.19. The van der Waals surface area contributed by atoms with Gasteiger partial charge in [-0.2, -0.15) is 21.0 Å². The highest BCUT2D eigenvalue weighted by Gasteiger charge is 2.60. The van der Waals surface area contributed by atoms with Gasteiger partial charge in [0.25, 0.3) is 0 Å². The maximum atomic E-state index is 9.69. The number of nitrogens with zero attached hydrogens (tertiary/aromatic N) is 8. The molecule has 0 amide bonds. The zero-order valence-electron chi connectivity index (χ0n) is 14.5. The molecule has 128 valence electrons. The van der Waals surface area contributed by atoms with Crippen molar-refractivity contribution in [2.75, 3.05) is 23.9 Å². The smallest absolute Gasteiger partial charge is 0.157 e. The minimum absolute atomic E-state index is 0.102. The Morgan fingerprint density at radius 1 is 0.704 bits per heavy atom. The van der Waals surface area contributed by atoms with E-state index in [9.17, 15) is 21.0 Å². The van der Waals surface area contributed by atoms with Crippen molar-refractivity contribution >= 4 is 11.4 Å². The summed E-state index contributed by atoms with van der Waals surface area (Å²) in [6.07, 6.45) is -0.498. The predicted molar refractivity (Wildman–Crippen MR) is 93.7 cm³/mol. The number of nitriles is 4. The Balaban J connectivity index is 1.78. The number of rotatable bonds is 0. The molecule has 1 aromatic carbocycles. The Morgan fingerprint density at radius 3 is 1.48 bits per heavy atom. The van der Waals surface area contributed by atoms with Crippen LogP contribution in [0.3, 0.4) is 0 Å². The van der Waals surface area contributed by atoms with Crippen molar-refractivity contribution in [2.24, 2.45) is 0 Å². The monoisotopic (exact) mass is 352 g/mol. The van der Waals surface area contributed by atoms with Crippen LogP contribution >= 0.6 is 0 Å². The molecule has 2 atom stereocenters. The Hall–Kier alpha value is -4.14. The van der Waals surface area contributed by atoms with Crippen LogP contribution in [0.4, 0.5) is 11.4 Å². The molecule has 27 heavy (non-hydrogen) atoms. The standard InChI is InChI=1S/C19H12N8/c1-24-12(6-20)14(8-22)26-10-4-3-5-11-16(10)17(18(24)26)19-25(2)13(7-21)15(9-23)27(11)19/h3-5,17-19H,1-2H3. The molecular formula is C19H12N8. The van der Waals surface area contributed by atoms with E-state index in [-0.39, 0.29) is 18.2 Å². The third-order valence-corrected chi connectivity index (χ3v) is 5.94. The van der Waals surface area contributed by atoms with E-state index in [0.29, 0.717) is 22.8 Å². The zero-order chi connectivity index (χ0) is 19.0. The molecular weight excluding hydrogens is 340 g/mol. The highest BCUT2D eigenvalue weighted by Crippen LogP contribution is 2.60. The molecule has 8 nitrogen and oxygen atoms in total. The van der Waals surface area contributed by atoms with Crippen LogP contribution in [-0.2, 0) is 0 Å². The van der Waals surface area contributed by atoms with Crippen LogP contribution in [0.2, 0.25) is 0 Å². The molecule has 0 fully saturated rings. The quantitative estimate of drug-likeness (QED) is 0.691. The van der Waals surface area contributed by atoms with E-state index in [1.54, 1.807) is 0 Å². The molecule has 5 rings (SSSR count). The average molecular weight is 352 g/mol. The number of benzene rings is 1. The number of allylic oxidation sites excluding steroid dienone is 4. The second kappa shape index (κ2) is 4.73. The van der Waals surface area contributed by atoms with Gasteiger partial charge in [-0.05, 0) is 12.1 Å². The van der Waals surface area contributed by atoms with Crippen molar-refractivity contribution in [3.63, 3.8) is 0 Å². The van der Waals surface area contributed by atoms with Gasteiger partial charge < -0.3 is 19.6 Å². The summed E-state index contributed by atoms with van der Waals surface area (Å²) in [6.45, 7) is 0. The van der Waals surface area contributed by atoms with Crippen molar-refractivity contribution in [1.29, 1.82) is 21.0 Å². The number of likely N-dealkylation sites (N-methyl/N-ethyl adjacent to an activating group) is 2. The van der Waals surface area contributed by atoms with Gasteiger partial charge in [0.05, 0.1) is 5.92 Å². The van der Waals surface area contributed by atoms with Gasteiger partial charge in [0.1, 0.15) is 36.6 Å². The molecule has 4 aliphatic heterocycles. The Morgan fingerprint density at radius 2 is 1.11 bits per heavy atom. The molecule has 0 saturated heterocycles. The highest BCUT2D eigenvalue weighted by atomic mass is 15.5. The SMILES string of the molecule is CN1C(C#N)=C(C#N)N2c3cccc4c3C(C12)C1N(C)C(C#N)=C(C#N)N41. The van der Waals surface area contributed by atoms with E-state index in [2.05, 4.69) is 24.3 Å². The first-order valence-corrected chi connectivity index (χ1v) is 8.36. The lowest BCUT2D eigenvalue weighted by Crippen LogP contribution is -2.48. The Bertz CT molecular complexity index is 1060. The fourth-order valence-corrected chi connectivity index (χ4v) is 5.00. The minimum atomic E-state index is -0.249. The Kier molecular flexibility index (Phi) is 2.65. The molecule has 0 spiro atoms. The third-order valence-electron chi connectivity index (χ3n) is 5.94. The van der Waals surface area contributed by atoms with Crippen LogP contribution in [0.15, 0.2) is 41.0 Å². The van der Waals surface area contributed by atoms with E-state index in [1.807, 2.05) is 51.9 Å². The first-order valence-electron chi connectivity index (χ1n) is 8.36. The van der Waals surface area contributed by atoms with Crippen LogP contribution in [0.1, 0.15) is 11.5 Å². The maximum absolute atomic E-state index is 9.69. The molecule has 1 aromatic rings. The third kappa shape index (κ3) is 1.42. The molecule has 4 aliphatic rings. The molecule has 0 saturated carbocycles. The van der Waals surface area contributed by atoms with Gasteiger partial charge >= 0.3 is 0 Å². The zero-order valence-corrected chi connectivity index (χ0v) is 14.5. The second-order valence-electron chi connectivity index (χ2n) is 6.87. The fourth-order valence-electron chi connectivity index (χ4n) is 5.00. The molecule has 4 heterocycles. The second-order valence-corrected chi connectivity index (χ2v) is 6.87. The number of fused-ring (bicyclic) bond motifs is 6. The lowest BCUT2D eigenvalue weighted by molar-refractivity contribution is 0.226. The number of hydrogen-bond donors (Lipinski definition) is 0. The molecule has 0 aromatic heterocycles. The average Bonchev–Trinajstić information content (AvgIpc) is 3.35. The van der Waals surface area contributed by atoms with Gasteiger partial charge in [0.15, 0.2) is 22.8 Å². The summed E-state index contributed by atoms with van der Waals surface area (Å²) in [6, 6.07) is 14.4. The first-order chi connectivity index (χ1) is 13.1. The maximum Gasteiger partial charge on any atom is 0.157 e. The van der Waals surface area contributed by atoms with E-state index in [0.717, 1.165) is 16.9 Å². The number of hydrogen-bond acceptors (Lipinski definition) is 8. The summed E-state index contributed by atoms with van der Waals surface area (Å²) in [5.74, 6) is -0.102. The normalized spacial score (nSPS) is 26.5. The van der Waals surface area contributed by atoms with Crippen molar-refractivity contribution in [3.8, 4) is 24.3 Å². The van der Waals surface area contributed by atoms with Gasteiger partial charge in [-0.15, -0.1) is 0 Å². The largest absolute Gasteiger partial charge is 0.342 e. The number of anilines is 2. The van der Waals surface area contributed by atoms with Crippen molar-refractivity contribution < 1.29 is 0 Å². The summed E-state index contributed by atoms with van der Waals surface area (Å²) in [7, 11) is 3.63. The van der Waals surface area contributed by atoms with Gasteiger partial charge in [-0.1, -0.05) is 6.07 Å².